The summed E-state index contributed by atoms with van der Waals surface area (Å²) < 4.78 is 5.16. The van der Waals surface area contributed by atoms with Gasteiger partial charge in [0.05, 0.1) is 13.2 Å². The van der Waals surface area contributed by atoms with Crippen LogP contribution >= 0.6 is 11.3 Å². The van der Waals surface area contributed by atoms with Gasteiger partial charge in [0.15, 0.2) is 0 Å². The lowest BCUT2D eigenvalue weighted by molar-refractivity contribution is -0.121. The van der Waals surface area contributed by atoms with E-state index in [-0.39, 0.29) is 5.91 Å². The van der Waals surface area contributed by atoms with Crippen molar-refractivity contribution in [2.24, 2.45) is 0 Å². The molecule has 0 spiro atoms. The number of hydrogen-bond donors (Lipinski definition) is 1. The van der Waals surface area contributed by atoms with Crippen LogP contribution < -0.4 is 10.1 Å². The number of nitrogens with zero attached hydrogens (tertiary/aromatic N) is 1. The van der Waals surface area contributed by atoms with Crippen molar-refractivity contribution in [2.75, 3.05) is 26.7 Å². The quantitative estimate of drug-likeness (QED) is 0.783. The van der Waals surface area contributed by atoms with Gasteiger partial charge in [-0.25, -0.2) is 0 Å². The van der Waals surface area contributed by atoms with Gasteiger partial charge in [-0.2, -0.15) is 0 Å². The summed E-state index contributed by atoms with van der Waals surface area (Å²) in [6.45, 7) is 2.95. The van der Waals surface area contributed by atoms with Gasteiger partial charge in [0.25, 0.3) is 0 Å². The maximum absolute atomic E-state index is 12.3. The van der Waals surface area contributed by atoms with Gasteiger partial charge < -0.3 is 10.1 Å². The summed E-state index contributed by atoms with van der Waals surface area (Å²) in [4.78, 5) is 16.1. The predicted octanol–water partition coefficient (Wildman–Crippen LogP) is 3.64. The topological polar surface area (TPSA) is 41.6 Å². The Morgan fingerprint density at radius 1 is 1.24 bits per heavy atom. The summed E-state index contributed by atoms with van der Waals surface area (Å²) in [7, 11) is 1.66. The summed E-state index contributed by atoms with van der Waals surface area (Å²) >= 11 is 1.78. The zero-order valence-corrected chi connectivity index (χ0v) is 15.6. The van der Waals surface area contributed by atoms with Crippen LogP contribution in [0.2, 0.25) is 0 Å². The molecule has 1 N–H and O–H groups in total. The molecule has 1 aliphatic rings. The lowest BCUT2D eigenvalue weighted by atomic mass is 10.1. The molecule has 1 aliphatic heterocycles. The van der Waals surface area contributed by atoms with Crippen LogP contribution in [-0.4, -0.2) is 37.6 Å². The van der Waals surface area contributed by atoms with E-state index in [1.807, 2.05) is 24.3 Å². The van der Waals surface area contributed by atoms with E-state index in [9.17, 15) is 4.79 Å². The van der Waals surface area contributed by atoms with E-state index in [1.165, 1.54) is 17.7 Å². The average molecular weight is 359 g/mol. The van der Waals surface area contributed by atoms with Gasteiger partial charge in [0.2, 0.25) is 5.91 Å². The van der Waals surface area contributed by atoms with Gasteiger partial charge in [0.1, 0.15) is 5.75 Å². The van der Waals surface area contributed by atoms with Crippen LogP contribution in [0.15, 0.2) is 41.8 Å². The van der Waals surface area contributed by atoms with Gasteiger partial charge in [-0.1, -0.05) is 18.2 Å². The van der Waals surface area contributed by atoms with Crippen LogP contribution in [0, 0.1) is 0 Å². The Bertz CT molecular complexity index is 649. The first-order valence-electron chi connectivity index (χ1n) is 8.93. The molecule has 5 heteroatoms. The summed E-state index contributed by atoms with van der Waals surface area (Å²) in [6, 6.07) is 12.5. The largest absolute Gasteiger partial charge is 0.497 e. The van der Waals surface area contributed by atoms with Gasteiger partial charge in [-0.15, -0.1) is 11.3 Å². The molecular formula is C20H26N2O2S. The predicted molar refractivity (Wildman–Crippen MR) is 102 cm³/mol. The molecule has 2 aromatic rings. The zero-order valence-electron chi connectivity index (χ0n) is 14.7. The van der Waals surface area contributed by atoms with Crippen molar-refractivity contribution in [1.29, 1.82) is 0 Å². The fraction of sp³-hybridized carbons (Fsp3) is 0.450. The van der Waals surface area contributed by atoms with Crippen LogP contribution in [0.1, 0.15) is 35.7 Å². The summed E-state index contributed by atoms with van der Waals surface area (Å²) in [5, 5.41) is 5.26. The second kappa shape index (κ2) is 9.02. The molecule has 1 saturated heterocycles. The van der Waals surface area contributed by atoms with Crippen molar-refractivity contribution in [3.63, 3.8) is 0 Å². The van der Waals surface area contributed by atoms with Crippen molar-refractivity contribution in [3.05, 3.63) is 52.2 Å². The van der Waals surface area contributed by atoms with Crippen molar-refractivity contribution in [3.8, 4) is 5.75 Å². The Kier molecular flexibility index (Phi) is 6.48. The molecule has 4 nitrogen and oxygen atoms in total. The van der Waals surface area contributed by atoms with E-state index in [0.717, 1.165) is 30.8 Å². The minimum atomic E-state index is 0.122. The Labute approximate surface area is 153 Å². The minimum absolute atomic E-state index is 0.122. The number of aryl methyl sites for hydroxylation is 1. The molecule has 1 fully saturated rings. The molecule has 0 bridgehead atoms. The second-order valence-electron chi connectivity index (χ2n) is 6.43. The highest BCUT2D eigenvalue weighted by Crippen LogP contribution is 2.27. The molecule has 0 saturated carbocycles. The number of methoxy groups -OCH3 is 1. The lowest BCUT2D eigenvalue weighted by Gasteiger charge is -2.26. The maximum Gasteiger partial charge on any atom is 0.220 e. The number of hydrogen-bond acceptors (Lipinski definition) is 4. The normalized spacial score (nSPS) is 15.9. The Hall–Kier alpha value is -1.85. The first-order chi connectivity index (χ1) is 12.3. The summed E-state index contributed by atoms with van der Waals surface area (Å²) in [5.41, 5.74) is 1.16. The number of benzene rings is 1. The van der Waals surface area contributed by atoms with E-state index >= 15 is 0 Å². The molecule has 0 aliphatic carbocycles. The number of carbonyl (C=O) groups is 1. The first kappa shape index (κ1) is 18.0. The van der Waals surface area contributed by atoms with Gasteiger partial charge in [-0.05, 0) is 61.5 Å². The van der Waals surface area contributed by atoms with Crippen LogP contribution in [0.5, 0.6) is 5.75 Å². The first-order valence-corrected chi connectivity index (χ1v) is 9.81. The number of thiophene rings is 1. The van der Waals surface area contributed by atoms with E-state index in [4.69, 9.17) is 4.74 Å². The van der Waals surface area contributed by atoms with E-state index in [0.29, 0.717) is 19.0 Å². The molecule has 1 aromatic carbocycles. The van der Waals surface area contributed by atoms with Crippen molar-refractivity contribution in [1.82, 2.24) is 10.2 Å². The molecule has 2 heterocycles. The number of nitrogens with one attached hydrogen (secondary N) is 1. The second-order valence-corrected chi connectivity index (χ2v) is 7.41. The third kappa shape index (κ3) is 5.06. The van der Waals surface area contributed by atoms with Crippen LogP contribution in [0.25, 0.3) is 0 Å². The lowest BCUT2D eigenvalue weighted by Crippen LogP contribution is -2.36. The zero-order chi connectivity index (χ0) is 17.5. The molecular weight excluding hydrogens is 332 g/mol. The average Bonchev–Trinajstić information content (AvgIpc) is 3.35. The van der Waals surface area contributed by atoms with Gasteiger partial charge in [0, 0.05) is 17.8 Å². The third-order valence-electron chi connectivity index (χ3n) is 4.75. The van der Waals surface area contributed by atoms with Crippen molar-refractivity contribution >= 4 is 17.2 Å². The van der Waals surface area contributed by atoms with Crippen LogP contribution in [-0.2, 0) is 11.2 Å². The molecule has 1 unspecified atom stereocenters. The van der Waals surface area contributed by atoms with E-state index < -0.39 is 0 Å². The van der Waals surface area contributed by atoms with Gasteiger partial charge >= 0.3 is 0 Å². The highest BCUT2D eigenvalue weighted by molar-refractivity contribution is 7.10. The fourth-order valence-electron chi connectivity index (χ4n) is 3.29. The number of likely N-dealkylation sites (tertiary alicyclic amines) is 1. The molecule has 0 radical (unpaired) electrons. The highest BCUT2D eigenvalue weighted by Gasteiger charge is 2.24. The Morgan fingerprint density at radius 2 is 2.00 bits per heavy atom. The SMILES string of the molecule is COc1ccc(CCC(=O)NCC(c2cccs2)N2CCCC2)cc1. The monoisotopic (exact) mass is 358 g/mol. The summed E-state index contributed by atoms with van der Waals surface area (Å²) in [6.07, 6.45) is 3.79. The van der Waals surface area contributed by atoms with E-state index in [1.54, 1.807) is 18.4 Å². The third-order valence-corrected chi connectivity index (χ3v) is 5.72. The molecule has 1 atom stereocenters. The molecule has 1 amide bonds. The fourth-order valence-corrected chi connectivity index (χ4v) is 4.15. The van der Waals surface area contributed by atoms with Crippen molar-refractivity contribution in [2.45, 2.75) is 31.7 Å². The number of amides is 1. The highest BCUT2D eigenvalue weighted by atomic mass is 32.1. The number of carbonyl (C=O) groups excluding carboxylic acids is 1. The molecule has 3 rings (SSSR count). The van der Waals surface area contributed by atoms with Gasteiger partial charge in [-0.3, -0.25) is 9.69 Å². The molecule has 1 aromatic heterocycles. The van der Waals surface area contributed by atoms with E-state index in [2.05, 4.69) is 27.7 Å². The van der Waals surface area contributed by atoms with Crippen LogP contribution in [0.3, 0.4) is 0 Å². The Morgan fingerprint density at radius 3 is 2.64 bits per heavy atom. The maximum atomic E-state index is 12.3. The van der Waals surface area contributed by atoms with Crippen molar-refractivity contribution < 1.29 is 9.53 Å². The molecule has 25 heavy (non-hydrogen) atoms. The number of rotatable bonds is 8. The molecule has 134 valence electrons. The number of ether oxygens (including phenoxy) is 1. The minimum Gasteiger partial charge on any atom is -0.497 e. The summed E-state index contributed by atoms with van der Waals surface area (Å²) in [5.74, 6) is 0.967. The standard InChI is InChI=1S/C20H26N2O2S/c1-24-17-9-6-16(7-10-17)8-11-20(23)21-15-18(19-5-4-14-25-19)22-12-2-3-13-22/h4-7,9-10,14,18H,2-3,8,11-13,15H2,1H3,(H,21,23). The Balaban J connectivity index is 1.49. The van der Waals surface area contributed by atoms with Crippen LogP contribution in [0.4, 0.5) is 0 Å². The smallest absolute Gasteiger partial charge is 0.220 e.